The van der Waals surface area contributed by atoms with Crippen molar-refractivity contribution >= 4 is 32.5 Å². The lowest BCUT2D eigenvalue weighted by atomic mass is 10.00. The van der Waals surface area contributed by atoms with E-state index in [0.29, 0.717) is 0 Å². The summed E-state index contributed by atoms with van der Waals surface area (Å²) < 4.78 is 0. The Bertz CT molecular complexity index is 601. The van der Waals surface area contributed by atoms with E-state index in [2.05, 4.69) is 25.9 Å². The summed E-state index contributed by atoms with van der Waals surface area (Å²) in [5.74, 6) is 0.150. The van der Waals surface area contributed by atoms with Crippen LogP contribution in [0.25, 0.3) is 10.9 Å². The molecular weight excluding hydrogens is 298 g/mol. The fourth-order valence-electron chi connectivity index (χ4n) is 1.76. The van der Waals surface area contributed by atoms with Crippen molar-refractivity contribution in [2.45, 2.75) is 24.6 Å². The van der Waals surface area contributed by atoms with Crippen molar-refractivity contribution in [2.24, 2.45) is 0 Å². The van der Waals surface area contributed by atoms with Gasteiger partial charge in [0.05, 0.1) is 16.1 Å². The van der Waals surface area contributed by atoms with Crippen molar-refractivity contribution in [1.82, 2.24) is 9.97 Å². The molecule has 2 atom stereocenters. The topological polar surface area (TPSA) is 68.9 Å². The molecular formula is C12H12BrN3O2. The van der Waals surface area contributed by atoms with Gasteiger partial charge in [-0.1, -0.05) is 29.8 Å². The van der Waals surface area contributed by atoms with E-state index in [1.807, 2.05) is 13.8 Å². The molecule has 2 unspecified atom stereocenters. The highest BCUT2D eigenvalue weighted by atomic mass is 79.9. The first kappa shape index (κ1) is 12.9. The molecule has 1 aromatic carbocycles. The number of fused-ring (bicyclic) bond motifs is 1. The lowest BCUT2D eigenvalue weighted by Gasteiger charge is -2.15. The Hall–Kier alpha value is -1.56. The van der Waals surface area contributed by atoms with E-state index in [9.17, 15) is 10.1 Å². The van der Waals surface area contributed by atoms with Crippen molar-refractivity contribution < 1.29 is 4.92 Å². The highest BCUT2D eigenvalue weighted by Gasteiger charge is 2.18. The van der Waals surface area contributed by atoms with Crippen LogP contribution in [-0.4, -0.2) is 19.7 Å². The normalized spacial score (nSPS) is 14.4. The molecule has 94 valence electrons. The Labute approximate surface area is 113 Å². The van der Waals surface area contributed by atoms with Crippen LogP contribution < -0.4 is 0 Å². The maximum absolute atomic E-state index is 10.8. The Kier molecular flexibility index (Phi) is 3.56. The number of nitro groups is 1. The fourth-order valence-corrected chi connectivity index (χ4v) is 2.01. The van der Waals surface area contributed by atoms with Gasteiger partial charge in [0.15, 0.2) is 0 Å². The number of non-ortho nitro benzene ring substituents is 1. The lowest BCUT2D eigenvalue weighted by molar-refractivity contribution is -0.384. The molecule has 2 aromatic rings. The van der Waals surface area contributed by atoms with E-state index >= 15 is 0 Å². The van der Waals surface area contributed by atoms with Gasteiger partial charge in [0.1, 0.15) is 6.33 Å². The van der Waals surface area contributed by atoms with Crippen LogP contribution in [0.15, 0.2) is 24.5 Å². The van der Waals surface area contributed by atoms with E-state index in [-0.39, 0.29) is 16.4 Å². The molecule has 2 rings (SSSR count). The minimum Gasteiger partial charge on any atom is -0.258 e. The first-order chi connectivity index (χ1) is 8.50. The number of alkyl halides is 1. The summed E-state index contributed by atoms with van der Waals surface area (Å²) in [6.07, 6.45) is 1.50. The quantitative estimate of drug-likeness (QED) is 0.495. The van der Waals surface area contributed by atoms with E-state index < -0.39 is 4.92 Å². The Morgan fingerprint density at radius 3 is 2.67 bits per heavy atom. The van der Waals surface area contributed by atoms with Gasteiger partial charge >= 0.3 is 0 Å². The molecule has 0 saturated heterocycles. The van der Waals surface area contributed by atoms with Gasteiger partial charge in [-0.05, 0) is 6.07 Å². The number of benzene rings is 1. The highest BCUT2D eigenvalue weighted by molar-refractivity contribution is 9.09. The summed E-state index contributed by atoms with van der Waals surface area (Å²) in [5, 5.41) is 11.6. The summed E-state index contributed by atoms with van der Waals surface area (Å²) in [4.78, 5) is 19.0. The molecule has 0 aliphatic heterocycles. The van der Waals surface area contributed by atoms with Crippen molar-refractivity contribution in [2.75, 3.05) is 0 Å². The van der Waals surface area contributed by atoms with Crippen LogP contribution >= 0.6 is 15.9 Å². The third-order valence-corrected chi connectivity index (χ3v) is 3.77. The Balaban J connectivity index is 2.66. The zero-order chi connectivity index (χ0) is 13.3. The summed E-state index contributed by atoms with van der Waals surface area (Å²) in [7, 11) is 0. The molecule has 0 amide bonds. The largest absolute Gasteiger partial charge is 0.270 e. The molecule has 6 heteroatoms. The smallest absolute Gasteiger partial charge is 0.258 e. The van der Waals surface area contributed by atoms with Crippen LogP contribution in [0, 0.1) is 10.1 Å². The van der Waals surface area contributed by atoms with E-state index in [1.54, 1.807) is 6.07 Å². The second kappa shape index (κ2) is 4.97. The van der Waals surface area contributed by atoms with Crippen molar-refractivity contribution in [3.8, 4) is 0 Å². The average Bonchev–Trinajstić information content (AvgIpc) is 2.36. The SMILES string of the molecule is CC(Br)C(C)c1ncnc2ccc([N+](=O)[O-])cc12. The summed E-state index contributed by atoms with van der Waals surface area (Å²) in [5.41, 5.74) is 1.62. The second-order valence-corrected chi connectivity index (χ2v) is 5.63. The van der Waals surface area contributed by atoms with E-state index in [0.717, 1.165) is 16.6 Å². The number of halogens is 1. The summed E-state index contributed by atoms with van der Waals surface area (Å²) in [6, 6.07) is 4.65. The van der Waals surface area contributed by atoms with Gasteiger partial charge in [0.2, 0.25) is 0 Å². The molecule has 0 spiro atoms. The van der Waals surface area contributed by atoms with Crippen LogP contribution in [-0.2, 0) is 0 Å². The number of hydrogen-bond donors (Lipinski definition) is 0. The van der Waals surface area contributed by atoms with Gasteiger partial charge in [-0.3, -0.25) is 10.1 Å². The first-order valence-electron chi connectivity index (χ1n) is 5.54. The molecule has 0 aliphatic carbocycles. The minimum absolute atomic E-state index is 0.0629. The maximum atomic E-state index is 10.8. The van der Waals surface area contributed by atoms with Crippen LogP contribution in [0.1, 0.15) is 25.5 Å². The monoisotopic (exact) mass is 309 g/mol. The first-order valence-corrected chi connectivity index (χ1v) is 6.45. The van der Waals surface area contributed by atoms with Gasteiger partial charge in [-0.2, -0.15) is 0 Å². The molecule has 0 radical (unpaired) electrons. The van der Waals surface area contributed by atoms with Gasteiger partial charge in [0.25, 0.3) is 5.69 Å². The number of nitro benzene ring substituents is 1. The maximum Gasteiger partial charge on any atom is 0.270 e. The highest BCUT2D eigenvalue weighted by Crippen LogP contribution is 2.29. The summed E-state index contributed by atoms with van der Waals surface area (Å²) in [6.45, 7) is 4.05. The zero-order valence-corrected chi connectivity index (χ0v) is 11.6. The standard InChI is InChI=1S/C12H12BrN3O2/c1-7(8(2)13)12-10-5-9(16(17)18)3-4-11(10)14-6-15-12/h3-8H,1-2H3. The van der Waals surface area contributed by atoms with Crippen molar-refractivity contribution in [3.05, 3.63) is 40.3 Å². The Morgan fingerprint density at radius 1 is 1.33 bits per heavy atom. The lowest BCUT2D eigenvalue weighted by Crippen LogP contribution is -2.08. The van der Waals surface area contributed by atoms with Crippen molar-refractivity contribution in [3.63, 3.8) is 0 Å². The van der Waals surface area contributed by atoms with Crippen LogP contribution in [0.5, 0.6) is 0 Å². The average molecular weight is 310 g/mol. The third-order valence-electron chi connectivity index (χ3n) is 2.98. The molecule has 0 bridgehead atoms. The second-order valence-electron chi connectivity index (χ2n) is 4.18. The van der Waals surface area contributed by atoms with Crippen LogP contribution in [0.3, 0.4) is 0 Å². The number of hydrogen-bond acceptors (Lipinski definition) is 4. The Morgan fingerprint density at radius 2 is 2.06 bits per heavy atom. The molecule has 5 nitrogen and oxygen atoms in total. The molecule has 1 aromatic heterocycles. The molecule has 0 saturated carbocycles. The van der Waals surface area contributed by atoms with Gasteiger partial charge < -0.3 is 0 Å². The van der Waals surface area contributed by atoms with Gasteiger partial charge in [-0.15, -0.1) is 0 Å². The predicted octanol–water partition coefficient (Wildman–Crippen LogP) is 3.42. The molecule has 0 fully saturated rings. The number of rotatable bonds is 3. The van der Waals surface area contributed by atoms with Gasteiger partial charge in [-0.25, -0.2) is 9.97 Å². The predicted molar refractivity (Wildman–Crippen MR) is 73.0 cm³/mol. The van der Waals surface area contributed by atoms with E-state index in [4.69, 9.17) is 0 Å². The molecule has 0 N–H and O–H groups in total. The summed E-state index contributed by atoms with van der Waals surface area (Å²) >= 11 is 3.52. The molecule has 18 heavy (non-hydrogen) atoms. The van der Waals surface area contributed by atoms with E-state index in [1.165, 1.54) is 18.5 Å². The minimum atomic E-state index is -0.404. The third kappa shape index (κ3) is 2.33. The van der Waals surface area contributed by atoms with Gasteiger partial charge in [0, 0.05) is 28.3 Å². The molecule has 0 aliphatic rings. The van der Waals surface area contributed by atoms with Crippen molar-refractivity contribution in [1.29, 1.82) is 0 Å². The fraction of sp³-hybridized carbons (Fsp3) is 0.333. The zero-order valence-electron chi connectivity index (χ0n) is 10.0. The van der Waals surface area contributed by atoms with Crippen LogP contribution in [0.4, 0.5) is 5.69 Å². The number of aromatic nitrogens is 2. The van der Waals surface area contributed by atoms with Crippen LogP contribution in [0.2, 0.25) is 0 Å². The number of nitrogens with zero attached hydrogens (tertiary/aromatic N) is 3. The molecule has 1 heterocycles.